The number of benzene rings is 3. The van der Waals surface area contributed by atoms with Gasteiger partial charge in [0, 0.05) is 11.6 Å². The van der Waals surface area contributed by atoms with Crippen LogP contribution in [-0.2, 0) is 27.4 Å². The van der Waals surface area contributed by atoms with Crippen molar-refractivity contribution in [1.29, 1.82) is 0 Å². The van der Waals surface area contributed by atoms with Crippen molar-refractivity contribution >= 4 is 44.8 Å². The molecular formula is C23H19Cl2F3N2O3S. The van der Waals surface area contributed by atoms with Crippen LogP contribution in [0.3, 0.4) is 0 Å². The van der Waals surface area contributed by atoms with Gasteiger partial charge in [0.25, 0.3) is 0 Å². The van der Waals surface area contributed by atoms with Crippen LogP contribution in [0.15, 0.2) is 77.7 Å². The molecule has 0 radical (unpaired) electrons. The summed E-state index contributed by atoms with van der Waals surface area (Å²) in [5.74, 6) is -0.938. The summed E-state index contributed by atoms with van der Waals surface area (Å²) in [5.41, 5.74) is -0.705. The maximum atomic E-state index is 13.4. The number of anilines is 1. The van der Waals surface area contributed by atoms with Gasteiger partial charge in [0.1, 0.15) is 4.90 Å². The first-order valence-corrected chi connectivity index (χ1v) is 12.1. The van der Waals surface area contributed by atoms with Crippen molar-refractivity contribution in [2.24, 2.45) is 0 Å². The van der Waals surface area contributed by atoms with Gasteiger partial charge in [-0.2, -0.15) is 17.5 Å². The van der Waals surface area contributed by atoms with Crippen molar-refractivity contribution in [2.45, 2.75) is 17.5 Å². The summed E-state index contributed by atoms with van der Waals surface area (Å²) in [6.45, 7) is -0.853. The Morgan fingerprint density at radius 1 is 0.941 bits per heavy atom. The third kappa shape index (κ3) is 6.50. The van der Waals surface area contributed by atoms with E-state index in [4.69, 9.17) is 23.2 Å². The summed E-state index contributed by atoms with van der Waals surface area (Å²) >= 11 is 12.0. The Labute approximate surface area is 205 Å². The molecule has 0 unspecified atom stereocenters. The van der Waals surface area contributed by atoms with E-state index in [-0.39, 0.29) is 27.9 Å². The molecule has 0 bridgehead atoms. The lowest BCUT2D eigenvalue weighted by atomic mass is 10.1. The first kappa shape index (κ1) is 26.0. The van der Waals surface area contributed by atoms with Crippen LogP contribution in [0.1, 0.15) is 11.1 Å². The molecule has 1 N–H and O–H groups in total. The van der Waals surface area contributed by atoms with Crippen molar-refractivity contribution in [3.05, 3.63) is 94.0 Å². The molecule has 3 aromatic carbocycles. The fourth-order valence-corrected chi connectivity index (χ4v) is 5.32. The van der Waals surface area contributed by atoms with E-state index in [1.165, 1.54) is 24.3 Å². The van der Waals surface area contributed by atoms with Crippen LogP contribution in [0.2, 0.25) is 10.0 Å². The fourth-order valence-electron chi connectivity index (χ4n) is 3.19. The minimum absolute atomic E-state index is 0.100. The number of carbonyl (C=O) groups is 1. The van der Waals surface area contributed by atoms with E-state index in [1.54, 1.807) is 30.3 Å². The molecule has 0 saturated carbocycles. The minimum Gasteiger partial charge on any atom is -0.324 e. The highest BCUT2D eigenvalue weighted by atomic mass is 35.5. The van der Waals surface area contributed by atoms with Crippen LogP contribution in [0.5, 0.6) is 0 Å². The van der Waals surface area contributed by atoms with Crippen LogP contribution in [-0.4, -0.2) is 31.7 Å². The lowest BCUT2D eigenvalue weighted by molar-refractivity contribution is -0.137. The average molecular weight is 531 g/mol. The summed E-state index contributed by atoms with van der Waals surface area (Å²) in [7, 11) is -4.32. The monoisotopic (exact) mass is 530 g/mol. The third-order valence-electron chi connectivity index (χ3n) is 4.83. The molecule has 1 amide bonds. The summed E-state index contributed by atoms with van der Waals surface area (Å²) in [6.07, 6.45) is -4.44. The van der Waals surface area contributed by atoms with E-state index < -0.39 is 39.9 Å². The second-order valence-electron chi connectivity index (χ2n) is 7.24. The number of alkyl halides is 3. The number of sulfonamides is 1. The number of nitrogens with one attached hydrogen (secondary N) is 1. The second-order valence-corrected chi connectivity index (χ2v) is 9.99. The SMILES string of the molecule is O=C(CN(CCc1ccccc1)S(=O)(=O)c1cc(Cl)ccc1Cl)Nc1ccccc1C(F)(F)F. The van der Waals surface area contributed by atoms with E-state index >= 15 is 0 Å². The number of nitrogens with zero attached hydrogens (tertiary/aromatic N) is 1. The molecule has 5 nitrogen and oxygen atoms in total. The van der Waals surface area contributed by atoms with E-state index in [0.29, 0.717) is 0 Å². The van der Waals surface area contributed by atoms with Crippen molar-refractivity contribution in [3.8, 4) is 0 Å². The van der Waals surface area contributed by atoms with Gasteiger partial charge in [-0.15, -0.1) is 0 Å². The molecule has 0 aliphatic carbocycles. The smallest absolute Gasteiger partial charge is 0.324 e. The maximum Gasteiger partial charge on any atom is 0.418 e. The number of hydrogen-bond acceptors (Lipinski definition) is 3. The molecule has 11 heteroatoms. The van der Waals surface area contributed by atoms with Crippen LogP contribution in [0.4, 0.5) is 18.9 Å². The van der Waals surface area contributed by atoms with Crippen LogP contribution in [0, 0.1) is 0 Å². The number of amides is 1. The number of hydrogen-bond donors (Lipinski definition) is 1. The zero-order valence-electron chi connectivity index (χ0n) is 17.5. The van der Waals surface area contributed by atoms with Gasteiger partial charge >= 0.3 is 6.18 Å². The van der Waals surface area contributed by atoms with Gasteiger partial charge in [0.2, 0.25) is 15.9 Å². The number of para-hydroxylation sites is 1. The highest BCUT2D eigenvalue weighted by Gasteiger charge is 2.34. The Hall–Kier alpha value is -2.59. The quantitative estimate of drug-likeness (QED) is 0.395. The highest BCUT2D eigenvalue weighted by Crippen LogP contribution is 2.34. The van der Waals surface area contributed by atoms with Gasteiger partial charge in [-0.3, -0.25) is 4.79 Å². The Morgan fingerprint density at radius 3 is 2.26 bits per heavy atom. The Bertz CT molecular complexity index is 1270. The van der Waals surface area contributed by atoms with Crippen molar-refractivity contribution in [3.63, 3.8) is 0 Å². The van der Waals surface area contributed by atoms with E-state index in [1.807, 2.05) is 0 Å². The number of halogens is 5. The predicted molar refractivity (Wildman–Crippen MR) is 125 cm³/mol. The van der Waals surface area contributed by atoms with E-state index in [9.17, 15) is 26.4 Å². The zero-order chi connectivity index (χ0) is 24.9. The Kier molecular flexibility index (Phi) is 8.25. The third-order valence-corrected chi connectivity index (χ3v) is 7.39. The summed E-state index contributed by atoms with van der Waals surface area (Å²) in [4.78, 5) is 12.4. The van der Waals surface area contributed by atoms with Gasteiger partial charge < -0.3 is 5.32 Å². The lowest BCUT2D eigenvalue weighted by Gasteiger charge is -2.23. The molecular weight excluding hydrogens is 512 g/mol. The first-order chi connectivity index (χ1) is 16.0. The van der Waals surface area contributed by atoms with Crippen LogP contribution < -0.4 is 5.32 Å². The van der Waals surface area contributed by atoms with Gasteiger partial charge in [0.05, 0.1) is 22.8 Å². The molecule has 0 spiro atoms. The van der Waals surface area contributed by atoms with Crippen LogP contribution in [0.25, 0.3) is 0 Å². The Balaban J connectivity index is 1.90. The first-order valence-electron chi connectivity index (χ1n) is 9.93. The minimum atomic E-state index is -4.70. The average Bonchev–Trinajstić information content (AvgIpc) is 2.78. The largest absolute Gasteiger partial charge is 0.418 e. The normalized spacial score (nSPS) is 12.1. The molecule has 0 aromatic heterocycles. The van der Waals surface area contributed by atoms with Gasteiger partial charge in [-0.25, -0.2) is 8.42 Å². The van der Waals surface area contributed by atoms with E-state index in [2.05, 4.69) is 5.32 Å². The zero-order valence-corrected chi connectivity index (χ0v) is 19.8. The molecule has 0 fully saturated rings. The molecule has 0 saturated heterocycles. The standard InChI is InChI=1S/C23H19Cl2F3N2O3S/c24-17-10-11-19(25)21(14-17)34(32,33)30(13-12-16-6-2-1-3-7-16)15-22(31)29-20-9-5-4-8-18(20)23(26,27)28/h1-11,14H,12-13,15H2,(H,29,31). The fraction of sp³-hybridized carbons (Fsp3) is 0.174. The molecule has 180 valence electrons. The lowest BCUT2D eigenvalue weighted by Crippen LogP contribution is -2.39. The molecule has 0 aliphatic rings. The topological polar surface area (TPSA) is 66.5 Å². The van der Waals surface area contributed by atoms with Crippen LogP contribution >= 0.6 is 23.2 Å². The summed E-state index contributed by atoms with van der Waals surface area (Å²) < 4.78 is 67.4. The van der Waals surface area contributed by atoms with Gasteiger partial charge in [-0.1, -0.05) is 65.7 Å². The van der Waals surface area contributed by atoms with Gasteiger partial charge in [0.15, 0.2) is 0 Å². The molecule has 3 aromatic rings. The summed E-state index contributed by atoms with van der Waals surface area (Å²) in [6, 6.07) is 17.3. The molecule has 0 atom stereocenters. The number of rotatable bonds is 8. The molecule has 34 heavy (non-hydrogen) atoms. The van der Waals surface area contributed by atoms with E-state index in [0.717, 1.165) is 28.1 Å². The van der Waals surface area contributed by atoms with Crippen molar-refractivity contribution in [1.82, 2.24) is 4.31 Å². The number of carbonyl (C=O) groups excluding carboxylic acids is 1. The molecule has 0 heterocycles. The summed E-state index contributed by atoms with van der Waals surface area (Å²) in [5, 5.41) is 2.19. The molecule has 3 rings (SSSR count). The highest BCUT2D eigenvalue weighted by molar-refractivity contribution is 7.89. The van der Waals surface area contributed by atoms with Crippen molar-refractivity contribution in [2.75, 3.05) is 18.4 Å². The Morgan fingerprint density at radius 2 is 1.59 bits per heavy atom. The maximum absolute atomic E-state index is 13.4. The predicted octanol–water partition coefficient (Wildman–Crippen LogP) is 5.88. The van der Waals surface area contributed by atoms with Gasteiger partial charge in [-0.05, 0) is 42.3 Å². The molecule has 0 aliphatic heterocycles. The van der Waals surface area contributed by atoms with Crippen molar-refractivity contribution < 1.29 is 26.4 Å². The second kappa shape index (κ2) is 10.8.